The van der Waals surface area contributed by atoms with Gasteiger partial charge < -0.3 is 19.4 Å². The molecule has 0 aliphatic carbocycles. The van der Waals surface area contributed by atoms with E-state index in [1.165, 1.54) is 6.07 Å². The van der Waals surface area contributed by atoms with Gasteiger partial charge in [0, 0.05) is 36.5 Å². The minimum Gasteiger partial charge on any atom is -0.484 e. The van der Waals surface area contributed by atoms with E-state index >= 15 is 0 Å². The SMILES string of the molecule is C[C@@]1([C@H]2CCCN(C(=O)COc3ccc4ccc(=O)oc4c3)C2)NC(=O)NC1=O. The van der Waals surface area contributed by atoms with E-state index in [1.807, 2.05) is 0 Å². The molecule has 1 aromatic heterocycles. The fraction of sp³-hybridized carbons (Fsp3) is 0.400. The molecule has 2 N–H and O–H groups in total. The Morgan fingerprint density at radius 1 is 1.28 bits per heavy atom. The first-order valence-corrected chi connectivity index (χ1v) is 9.43. The minimum absolute atomic E-state index is 0.176. The molecule has 2 fully saturated rings. The summed E-state index contributed by atoms with van der Waals surface area (Å²) in [6, 6.07) is 7.51. The fourth-order valence-electron chi connectivity index (χ4n) is 3.89. The van der Waals surface area contributed by atoms with Crippen LogP contribution in [0.5, 0.6) is 5.75 Å². The van der Waals surface area contributed by atoms with E-state index in [4.69, 9.17) is 9.15 Å². The number of hydrogen-bond donors (Lipinski definition) is 2. The number of carbonyl (C=O) groups is 3. The third-order valence-corrected chi connectivity index (χ3v) is 5.62. The van der Waals surface area contributed by atoms with Gasteiger partial charge in [-0.1, -0.05) is 0 Å². The maximum atomic E-state index is 12.6. The summed E-state index contributed by atoms with van der Waals surface area (Å²) in [5.74, 6) is -0.335. The molecule has 0 radical (unpaired) electrons. The molecule has 0 bridgehead atoms. The number of carbonyl (C=O) groups excluding carboxylic acids is 3. The topological polar surface area (TPSA) is 118 Å². The molecule has 2 aliphatic heterocycles. The zero-order valence-corrected chi connectivity index (χ0v) is 15.9. The predicted molar refractivity (Wildman–Crippen MR) is 102 cm³/mol. The second kappa shape index (κ2) is 7.23. The third kappa shape index (κ3) is 3.67. The molecule has 4 rings (SSSR count). The van der Waals surface area contributed by atoms with Gasteiger partial charge in [-0.05, 0) is 38.0 Å². The molecule has 2 aromatic rings. The van der Waals surface area contributed by atoms with Crippen molar-refractivity contribution >= 4 is 28.8 Å². The summed E-state index contributed by atoms with van der Waals surface area (Å²) in [5.41, 5.74) is -1.09. The van der Waals surface area contributed by atoms with Gasteiger partial charge in [-0.25, -0.2) is 9.59 Å². The summed E-state index contributed by atoms with van der Waals surface area (Å²) in [4.78, 5) is 49.3. The number of amides is 4. The Balaban J connectivity index is 1.40. The van der Waals surface area contributed by atoms with Crippen LogP contribution in [0.25, 0.3) is 11.0 Å². The smallest absolute Gasteiger partial charge is 0.336 e. The van der Waals surface area contributed by atoms with E-state index in [2.05, 4.69) is 10.6 Å². The van der Waals surface area contributed by atoms with Crippen molar-refractivity contribution in [3.05, 3.63) is 40.8 Å². The van der Waals surface area contributed by atoms with Crippen LogP contribution in [-0.4, -0.2) is 48.0 Å². The maximum Gasteiger partial charge on any atom is 0.336 e. The van der Waals surface area contributed by atoms with E-state index in [0.29, 0.717) is 24.4 Å². The molecule has 29 heavy (non-hydrogen) atoms. The van der Waals surface area contributed by atoms with Gasteiger partial charge in [-0.15, -0.1) is 0 Å². The summed E-state index contributed by atoms with van der Waals surface area (Å²) in [5, 5.41) is 5.71. The Hall–Kier alpha value is -3.36. The number of likely N-dealkylation sites (tertiary alicyclic amines) is 1. The summed E-state index contributed by atoms with van der Waals surface area (Å²) >= 11 is 0. The van der Waals surface area contributed by atoms with Gasteiger partial charge in [0.1, 0.15) is 16.9 Å². The maximum absolute atomic E-state index is 12.6. The minimum atomic E-state index is -1.02. The Morgan fingerprint density at radius 2 is 2.07 bits per heavy atom. The monoisotopic (exact) mass is 399 g/mol. The van der Waals surface area contributed by atoms with E-state index in [9.17, 15) is 19.2 Å². The molecule has 0 spiro atoms. The molecule has 1 aromatic carbocycles. The van der Waals surface area contributed by atoms with Crippen LogP contribution in [0.1, 0.15) is 19.8 Å². The Labute approximate surface area is 166 Å². The van der Waals surface area contributed by atoms with Crippen molar-refractivity contribution in [2.75, 3.05) is 19.7 Å². The summed E-state index contributed by atoms with van der Waals surface area (Å²) < 4.78 is 10.7. The summed E-state index contributed by atoms with van der Waals surface area (Å²) in [6.07, 6.45) is 1.47. The van der Waals surface area contributed by atoms with Crippen LogP contribution in [0.3, 0.4) is 0 Å². The van der Waals surface area contributed by atoms with Gasteiger partial charge in [-0.2, -0.15) is 0 Å². The van der Waals surface area contributed by atoms with Gasteiger partial charge >= 0.3 is 11.7 Å². The van der Waals surface area contributed by atoms with Crippen molar-refractivity contribution in [1.82, 2.24) is 15.5 Å². The number of benzene rings is 1. The number of ether oxygens (including phenoxy) is 1. The second-order valence-electron chi connectivity index (χ2n) is 7.53. The average molecular weight is 399 g/mol. The number of nitrogens with zero attached hydrogens (tertiary/aromatic N) is 1. The molecule has 0 saturated carbocycles. The third-order valence-electron chi connectivity index (χ3n) is 5.62. The zero-order chi connectivity index (χ0) is 20.6. The molecule has 4 amide bonds. The number of urea groups is 1. The van der Waals surface area contributed by atoms with Crippen molar-refractivity contribution in [1.29, 1.82) is 0 Å². The predicted octanol–water partition coefficient (Wildman–Crippen LogP) is 1.01. The van der Waals surface area contributed by atoms with Crippen LogP contribution >= 0.6 is 0 Å². The lowest BCUT2D eigenvalue weighted by atomic mass is 9.80. The molecule has 0 unspecified atom stereocenters. The summed E-state index contributed by atoms with van der Waals surface area (Å²) in [6.45, 7) is 2.44. The standard InChI is InChI=1S/C20H21N3O6/c1-20(18(26)21-19(27)22-20)13-3-2-8-23(10-13)16(24)11-28-14-6-4-12-5-7-17(25)29-15(12)9-14/h4-7,9,13H,2-3,8,10-11H2,1H3,(H2,21,22,26,27)/t13-,20-/m0/s1. The highest BCUT2D eigenvalue weighted by atomic mass is 16.5. The van der Waals surface area contributed by atoms with Crippen molar-refractivity contribution in [2.24, 2.45) is 5.92 Å². The molecular formula is C20H21N3O6. The van der Waals surface area contributed by atoms with E-state index in [0.717, 1.165) is 18.2 Å². The Kier molecular flexibility index (Phi) is 4.73. The highest BCUT2D eigenvalue weighted by molar-refractivity contribution is 6.07. The van der Waals surface area contributed by atoms with Crippen molar-refractivity contribution in [2.45, 2.75) is 25.3 Å². The van der Waals surface area contributed by atoms with E-state index < -0.39 is 17.2 Å². The van der Waals surface area contributed by atoms with Crippen molar-refractivity contribution < 1.29 is 23.5 Å². The lowest BCUT2D eigenvalue weighted by molar-refractivity contribution is -0.137. The lowest BCUT2D eigenvalue weighted by Crippen LogP contribution is -2.56. The number of fused-ring (bicyclic) bond motifs is 1. The summed E-state index contributed by atoms with van der Waals surface area (Å²) in [7, 11) is 0. The fourth-order valence-corrected chi connectivity index (χ4v) is 3.89. The largest absolute Gasteiger partial charge is 0.484 e. The molecule has 9 heteroatoms. The van der Waals surface area contributed by atoms with Crippen LogP contribution in [0.15, 0.2) is 39.5 Å². The lowest BCUT2D eigenvalue weighted by Gasteiger charge is -2.39. The van der Waals surface area contributed by atoms with Gasteiger partial charge in [0.2, 0.25) is 0 Å². The number of rotatable bonds is 4. The van der Waals surface area contributed by atoms with E-state index in [-0.39, 0.29) is 24.3 Å². The molecular weight excluding hydrogens is 378 g/mol. The van der Waals surface area contributed by atoms with E-state index in [1.54, 1.807) is 36.1 Å². The van der Waals surface area contributed by atoms with Gasteiger partial charge in [0.15, 0.2) is 6.61 Å². The van der Waals surface area contributed by atoms with Gasteiger partial charge in [0.25, 0.3) is 11.8 Å². The molecule has 9 nitrogen and oxygen atoms in total. The van der Waals surface area contributed by atoms with Crippen LogP contribution in [0, 0.1) is 5.92 Å². The number of imide groups is 1. The number of hydrogen-bond acceptors (Lipinski definition) is 6. The second-order valence-corrected chi connectivity index (χ2v) is 7.53. The molecule has 2 saturated heterocycles. The molecule has 152 valence electrons. The van der Waals surface area contributed by atoms with Crippen molar-refractivity contribution in [3.8, 4) is 5.75 Å². The highest BCUT2D eigenvalue weighted by Crippen LogP contribution is 2.30. The number of piperidine rings is 1. The van der Waals surface area contributed by atoms with Crippen LogP contribution in [0.2, 0.25) is 0 Å². The van der Waals surface area contributed by atoms with Crippen LogP contribution in [-0.2, 0) is 9.59 Å². The van der Waals surface area contributed by atoms with Crippen LogP contribution < -0.4 is 21.0 Å². The Morgan fingerprint density at radius 3 is 2.83 bits per heavy atom. The van der Waals surface area contributed by atoms with Gasteiger partial charge in [0.05, 0.1) is 0 Å². The molecule has 2 atom stereocenters. The average Bonchev–Trinajstić information content (AvgIpc) is 2.98. The highest BCUT2D eigenvalue weighted by Gasteiger charge is 2.49. The quantitative estimate of drug-likeness (QED) is 0.585. The van der Waals surface area contributed by atoms with Crippen LogP contribution in [0.4, 0.5) is 4.79 Å². The Bertz CT molecular complexity index is 1050. The molecule has 2 aliphatic rings. The normalized spacial score (nSPS) is 24.3. The zero-order valence-electron chi connectivity index (χ0n) is 15.9. The first-order valence-electron chi connectivity index (χ1n) is 9.43. The number of nitrogens with one attached hydrogen (secondary N) is 2. The first-order chi connectivity index (χ1) is 13.8. The molecule has 3 heterocycles. The first kappa shape index (κ1) is 19.0. The van der Waals surface area contributed by atoms with Gasteiger partial charge in [-0.3, -0.25) is 14.9 Å². The van der Waals surface area contributed by atoms with Crippen molar-refractivity contribution in [3.63, 3.8) is 0 Å².